The summed E-state index contributed by atoms with van der Waals surface area (Å²) in [6, 6.07) is 0.255. The molecule has 1 aliphatic heterocycles. The Labute approximate surface area is 118 Å². The number of rotatable bonds is 3. The predicted molar refractivity (Wildman–Crippen MR) is 73.9 cm³/mol. The van der Waals surface area contributed by atoms with Crippen molar-refractivity contribution < 1.29 is 0 Å². The van der Waals surface area contributed by atoms with E-state index in [1.165, 1.54) is 0 Å². The van der Waals surface area contributed by atoms with Gasteiger partial charge < -0.3 is 4.57 Å². The summed E-state index contributed by atoms with van der Waals surface area (Å²) in [5.74, 6) is 2.56. The molecule has 1 atom stereocenters. The van der Waals surface area contributed by atoms with Crippen molar-refractivity contribution in [2.45, 2.75) is 45.8 Å². The molecule has 0 bridgehead atoms. The summed E-state index contributed by atoms with van der Waals surface area (Å²) in [4.78, 5) is 2.37. The van der Waals surface area contributed by atoms with E-state index >= 15 is 0 Å². The van der Waals surface area contributed by atoms with Gasteiger partial charge in [0.2, 0.25) is 0 Å². The van der Waals surface area contributed by atoms with Crippen molar-refractivity contribution >= 4 is 0 Å². The first-order valence-corrected chi connectivity index (χ1v) is 7.08. The molecule has 20 heavy (non-hydrogen) atoms. The average molecular weight is 275 g/mol. The standard InChI is InChI=1S/C13H21N7/c1-9(2)12-15-16-13-10(3)19(5-6-20(12)13)8-11-7-18(4)17-14-11/h7,9-10H,5-6,8H2,1-4H3/t10-/m0/s1. The predicted octanol–water partition coefficient (Wildman–Crippen LogP) is 1.11. The fraction of sp³-hybridized carbons (Fsp3) is 0.692. The molecule has 7 nitrogen and oxygen atoms in total. The second kappa shape index (κ2) is 4.97. The van der Waals surface area contributed by atoms with E-state index in [9.17, 15) is 0 Å². The van der Waals surface area contributed by atoms with Crippen molar-refractivity contribution in [2.75, 3.05) is 6.54 Å². The van der Waals surface area contributed by atoms with Gasteiger partial charge in [-0.2, -0.15) is 0 Å². The Morgan fingerprint density at radius 3 is 2.70 bits per heavy atom. The minimum absolute atomic E-state index is 0.255. The first-order valence-electron chi connectivity index (χ1n) is 7.08. The van der Waals surface area contributed by atoms with Crippen LogP contribution in [0.25, 0.3) is 0 Å². The maximum atomic E-state index is 4.39. The molecule has 0 saturated heterocycles. The Morgan fingerprint density at radius 2 is 2.05 bits per heavy atom. The molecule has 0 aliphatic carbocycles. The van der Waals surface area contributed by atoms with Gasteiger partial charge in [0, 0.05) is 38.8 Å². The highest BCUT2D eigenvalue weighted by Gasteiger charge is 2.29. The van der Waals surface area contributed by atoms with Crippen LogP contribution in [0.1, 0.15) is 50.1 Å². The maximum Gasteiger partial charge on any atom is 0.150 e. The number of fused-ring (bicyclic) bond motifs is 1. The van der Waals surface area contributed by atoms with Crippen LogP contribution >= 0.6 is 0 Å². The largest absolute Gasteiger partial charge is 0.312 e. The Morgan fingerprint density at radius 1 is 1.25 bits per heavy atom. The first kappa shape index (κ1) is 13.2. The summed E-state index contributed by atoms with van der Waals surface area (Å²) in [6.45, 7) is 9.24. The zero-order chi connectivity index (χ0) is 14.3. The highest BCUT2D eigenvalue weighted by Crippen LogP contribution is 2.27. The quantitative estimate of drug-likeness (QED) is 0.839. The second-order valence-electron chi connectivity index (χ2n) is 5.75. The fourth-order valence-corrected chi connectivity index (χ4v) is 2.77. The van der Waals surface area contributed by atoms with Gasteiger partial charge in [-0.25, -0.2) is 0 Å². The molecular weight excluding hydrogens is 254 g/mol. The SMILES string of the molecule is CC(C)c1nnc2n1CCN(Cc1cn(C)nn1)[C@H]2C. The molecule has 0 amide bonds. The minimum Gasteiger partial charge on any atom is -0.312 e. The summed E-state index contributed by atoms with van der Waals surface area (Å²) < 4.78 is 4.01. The monoisotopic (exact) mass is 275 g/mol. The van der Waals surface area contributed by atoms with Crippen LogP contribution in [0.3, 0.4) is 0 Å². The molecule has 7 heteroatoms. The summed E-state index contributed by atoms with van der Waals surface area (Å²) in [5, 5.41) is 16.9. The van der Waals surface area contributed by atoms with Crippen molar-refractivity contribution in [3.05, 3.63) is 23.5 Å². The number of nitrogens with zero attached hydrogens (tertiary/aromatic N) is 7. The molecule has 3 heterocycles. The van der Waals surface area contributed by atoms with Crippen LogP contribution in [0.2, 0.25) is 0 Å². The Hall–Kier alpha value is -1.76. The normalized spacial score (nSPS) is 19.6. The molecule has 0 N–H and O–H groups in total. The van der Waals surface area contributed by atoms with Crippen LogP contribution in [0.15, 0.2) is 6.20 Å². The van der Waals surface area contributed by atoms with E-state index in [1.807, 2.05) is 13.2 Å². The Balaban J connectivity index is 1.80. The topological polar surface area (TPSA) is 64.7 Å². The Kier molecular flexibility index (Phi) is 3.29. The van der Waals surface area contributed by atoms with Gasteiger partial charge in [0.25, 0.3) is 0 Å². The van der Waals surface area contributed by atoms with E-state index in [4.69, 9.17) is 0 Å². The van der Waals surface area contributed by atoms with Gasteiger partial charge >= 0.3 is 0 Å². The lowest BCUT2D eigenvalue weighted by atomic mass is 10.1. The van der Waals surface area contributed by atoms with Crippen LogP contribution in [0, 0.1) is 0 Å². The van der Waals surface area contributed by atoms with Gasteiger partial charge in [-0.05, 0) is 6.92 Å². The molecule has 0 aromatic carbocycles. The zero-order valence-corrected chi connectivity index (χ0v) is 12.5. The third-order valence-electron chi connectivity index (χ3n) is 3.87. The van der Waals surface area contributed by atoms with Gasteiger partial charge in [0.1, 0.15) is 11.6 Å². The van der Waals surface area contributed by atoms with Crippen molar-refractivity contribution in [1.29, 1.82) is 0 Å². The van der Waals surface area contributed by atoms with E-state index < -0.39 is 0 Å². The average Bonchev–Trinajstić information content (AvgIpc) is 2.99. The van der Waals surface area contributed by atoms with Gasteiger partial charge in [0.05, 0.1) is 11.7 Å². The zero-order valence-electron chi connectivity index (χ0n) is 12.5. The lowest BCUT2D eigenvalue weighted by Gasteiger charge is -2.33. The fourth-order valence-electron chi connectivity index (χ4n) is 2.77. The van der Waals surface area contributed by atoms with Gasteiger partial charge in [0.15, 0.2) is 0 Å². The third kappa shape index (κ3) is 2.22. The van der Waals surface area contributed by atoms with E-state index in [0.717, 1.165) is 37.0 Å². The number of hydrogen-bond acceptors (Lipinski definition) is 5. The Bertz CT molecular complexity index is 598. The molecule has 0 unspecified atom stereocenters. The molecular formula is C13H21N7. The first-order chi connectivity index (χ1) is 9.56. The molecule has 108 valence electrons. The molecule has 3 rings (SSSR count). The van der Waals surface area contributed by atoms with Crippen LogP contribution in [0.5, 0.6) is 0 Å². The van der Waals surface area contributed by atoms with Crippen LogP contribution in [-0.2, 0) is 20.1 Å². The van der Waals surface area contributed by atoms with Crippen LogP contribution < -0.4 is 0 Å². The number of aromatic nitrogens is 6. The van der Waals surface area contributed by atoms with E-state index in [0.29, 0.717) is 5.92 Å². The van der Waals surface area contributed by atoms with E-state index in [2.05, 4.69) is 50.7 Å². The molecule has 0 radical (unpaired) electrons. The summed E-state index contributed by atoms with van der Waals surface area (Å²) in [6.07, 6.45) is 1.96. The lowest BCUT2D eigenvalue weighted by Crippen LogP contribution is -2.37. The molecule has 0 saturated carbocycles. The molecule has 0 fully saturated rings. The maximum absolute atomic E-state index is 4.39. The third-order valence-corrected chi connectivity index (χ3v) is 3.87. The summed E-state index contributed by atoms with van der Waals surface area (Å²) in [5.41, 5.74) is 0.997. The van der Waals surface area contributed by atoms with Crippen molar-refractivity contribution in [3.63, 3.8) is 0 Å². The van der Waals surface area contributed by atoms with Gasteiger partial charge in [-0.1, -0.05) is 19.1 Å². The van der Waals surface area contributed by atoms with Gasteiger partial charge in [-0.3, -0.25) is 9.58 Å². The van der Waals surface area contributed by atoms with Crippen LogP contribution in [0.4, 0.5) is 0 Å². The molecule has 0 spiro atoms. The van der Waals surface area contributed by atoms with Crippen LogP contribution in [-0.4, -0.2) is 41.2 Å². The number of aryl methyl sites for hydroxylation is 1. The van der Waals surface area contributed by atoms with Crippen molar-refractivity contribution in [1.82, 2.24) is 34.7 Å². The highest BCUT2D eigenvalue weighted by atomic mass is 15.4. The van der Waals surface area contributed by atoms with Crippen molar-refractivity contribution in [2.24, 2.45) is 7.05 Å². The van der Waals surface area contributed by atoms with E-state index in [1.54, 1.807) is 4.68 Å². The molecule has 1 aliphatic rings. The molecule has 2 aromatic heterocycles. The smallest absolute Gasteiger partial charge is 0.150 e. The highest BCUT2D eigenvalue weighted by molar-refractivity contribution is 5.07. The number of hydrogen-bond donors (Lipinski definition) is 0. The lowest BCUT2D eigenvalue weighted by molar-refractivity contribution is 0.153. The molecule has 2 aromatic rings. The van der Waals surface area contributed by atoms with Crippen molar-refractivity contribution in [3.8, 4) is 0 Å². The summed E-state index contributed by atoms with van der Waals surface area (Å²) >= 11 is 0. The summed E-state index contributed by atoms with van der Waals surface area (Å²) in [7, 11) is 1.89. The van der Waals surface area contributed by atoms with Gasteiger partial charge in [-0.15, -0.1) is 15.3 Å². The minimum atomic E-state index is 0.255. The second-order valence-corrected chi connectivity index (χ2v) is 5.75. The van der Waals surface area contributed by atoms with E-state index in [-0.39, 0.29) is 6.04 Å².